The molecule has 1 heterocycles. The third-order valence-corrected chi connectivity index (χ3v) is 4.13. The van der Waals surface area contributed by atoms with Crippen molar-refractivity contribution in [3.63, 3.8) is 0 Å². The van der Waals surface area contributed by atoms with Gasteiger partial charge in [-0.25, -0.2) is 9.79 Å². The highest BCUT2D eigenvalue weighted by Gasteiger charge is 2.25. The minimum Gasteiger partial charge on any atom is -0.480 e. The molecular formula is C15H18N2O3S. The molecule has 1 aromatic carbocycles. The van der Waals surface area contributed by atoms with Gasteiger partial charge in [0.2, 0.25) is 0 Å². The average Bonchev–Trinajstić information content (AvgIpc) is 2.86. The first-order valence-corrected chi connectivity index (χ1v) is 7.61. The van der Waals surface area contributed by atoms with E-state index in [1.807, 2.05) is 12.1 Å². The number of amides is 1. The Morgan fingerprint density at radius 3 is 2.38 bits per heavy atom. The lowest BCUT2D eigenvalue weighted by Crippen LogP contribution is -2.27. The second-order valence-electron chi connectivity index (χ2n) is 5.88. The number of carbonyl (C=O) groups is 2. The first-order valence-electron chi connectivity index (χ1n) is 6.62. The lowest BCUT2D eigenvalue weighted by molar-refractivity contribution is -0.137. The molecule has 1 atom stereocenters. The number of benzene rings is 1. The van der Waals surface area contributed by atoms with Crippen molar-refractivity contribution in [3.8, 4) is 0 Å². The Hall–Kier alpha value is -1.82. The van der Waals surface area contributed by atoms with Crippen molar-refractivity contribution in [2.45, 2.75) is 32.2 Å². The molecule has 0 aromatic heterocycles. The lowest BCUT2D eigenvalue weighted by Gasteiger charge is -2.19. The molecule has 0 fully saturated rings. The van der Waals surface area contributed by atoms with Crippen LogP contribution in [0.5, 0.6) is 0 Å². The number of thioether (sulfide) groups is 1. The Labute approximate surface area is 127 Å². The SMILES string of the molecule is CC(C)(C)c1ccc(C(=O)NC2=NC(C(=O)O)CS2)cc1. The van der Waals surface area contributed by atoms with Crippen LogP contribution in [0.15, 0.2) is 29.3 Å². The van der Waals surface area contributed by atoms with E-state index >= 15 is 0 Å². The standard InChI is InChI=1S/C15H18N2O3S/c1-15(2,3)10-6-4-9(5-7-10)12(18)17-14-16-11(8-21-14)13(19)20/h4-7,11H,8H2,1-3H3,(H,19,20)(H,16,17,18). The molecule has 0 bridgehead atoms. The van der Waals surface area contributed by atoms with E-state index in [9.17, 15) is 9.59 Å². The van der Waals surface area contributed by atoms with Crippen LogP contribution in [0.4, 0.5) is 0 Å². The highest BCUT2D eigenvalue weighted by Crippen LogP contribution is 2.22. The molecule has 5 nitrogen and oxygen atoms in total. The quantitative estimate of drug-likeness (QED) is 0.878. The molecule has 0 radical (unpaired) electrons. The highest BCUT2D eigenvalue weighted by atomic mass is 32.2. The van der Waals surface area contributed by atoms with Gasteiger partial charge < -0.3 is 10.4 Å². The van der Waals surface area contributed by atoms with E-state index in [-0.39, 0.29) is 11.3 Å². The molecule has 0 saturated heterocycles. The second-order valence-corrected chi connectivity index (χ2v) is 6.89. The number of carboxylic acids is 1. The summed E-state index contributed by atoms with van der Waals surface area (Å²) in [6, 6.07) is 6.63. The Morgan fingerprint density at radius 2 is 1.90 bits per heavy atom. The molecule has 6 heteroatoms. The van der Waals surface area contributed by atoms with Gasteiger partial charge in [-0.1, -0.05) is 44.7 Å². The van der Waals surface area contributed by atoms with Crippen molar-refractivity contribution in [2.24, 2.45) is 4.99 Å². The van der Waals surface area contributed by atoms with Gasteiger partial charge >= 0.3 is 5.97 Å². The summed E-state index contributed by atoms with van der Waals surface area (Å²) < 4.78 is 0. The van der Waals surface area contributed by atoms with Crippen molar-refractivity contribution in [2.75, 3.05) is 5.75 Å². The van der Waals surface area contributed by atoms with Gasteiger partial charge in [0.1, 0.15) is 0 Å². The summed E-state index contributed by atoms with van der Waals surface area (Å²) in [6.45, 7) is 6.33. The number of hydrogen-bond donors (Lipinski definition) is 2. The Balaban J connectivity index is 2.05. The molecule has 0 saturated carbocycles. The molecule has 2 rings (SSSR count). The van der Waals surface area contributed by atoms with Crippen molar-refractivity contribution >= 4 is 28.8 Å². The molecule has 1 aliphatic heterocycles. The van der Waals surface area contributed by atoms with Crippen LogP contribution in [-0.2, 0) is 10.2 Å². The predicted octanol–water partition coefficient (Wildman–Crippen LogP) is 2.27. The molecule has 0 spiro atoms. The molecule has 0 aliphatic carbocycles. The number of aliphatic imine (C=N–C) groups is 1. The summed E-state index contributed by atoms with van der Waals surface area (Å²) in [5.74, 6) is -0.887. The minimum absolute atomic E-state index is 0.0368. The number of amidine groups is 1. The Kier molecular flexibility index (Phi) is 4.37. The third kappa shape index (κ3) is 3.85. The summed E-state index contributed by atoms with van der Waals surface area (Å²) in [7, 11) is 0. The van der Waals surface area contributed by atoms with E-state index in [1.54, 1.807) is 12.1 Å². The van der Waals surface area contributed by atoms with Gasteiger partial charge in [-0.2, -0.15) is 0 Å². The van der Waals surface area contributed by atoms with Gasteiger partial charge in [-0.3, -0.25) is 4.79 Å². The maximum absolute atomic E-state index is 12.1. The second kappa shape index (κ2) is 5.89. The zero-order chi connectivity index (χ0) is 15.6. The lowest BCUT2D eigenvalue weighted by atomic mass is 9.87. The number of nitrogens with zero attached hydrogens (tertiary/aromatic N) is 1. The summed E-state index contributed by atoms with van der Waals surface area (Å²) >= 11 is 1.25. The molecule has 1 aliphatic rings. The van der Waals surface area contributed by atoms with E-state index in [2.05, 4.69) is 31.1 Å². The van der Waals surface area contributed by atoms with Crippen LogP contribution in [0, 0.1) is 0 Å². The summed E-state index contributed by atoms with van der Waals surface area (Å²) in [4.78, 5) is 26.8. The molecule has 2 N–H and O–H groups in total. The minimum atomic E-state index is -0.971. The zero-order valence-corrected chi connectivity index (χ0v) is 13.0. The van der Waals surface area contributed by atoms with Crippen molar-refractivity contribution in [1.29, 1.82) is 0 Å². The van der Waals surface area contributed by atoms with E-state index in [0.717, 1.165) is 5.56 Å². The van der Waals surface area contributed by atoms with Crippen molar-refractivity contribution in [1.82, 2.24) is 5.32 Å². The number of aliphatic carboxylic acids is 1. The van der Waals surface area contributed by atoms with Gasteiger partial charge in [0.25, 0.3) is 5.91 Å². The maximum Gasteiger partial charge on any atom is 0.329 e. The molecule has 1 unspecified atom stereocenters. The number of carbonyl (C=O) groups excluding carboxylic acids is 1. The van der Waals surface area contributed by atoms with Crippen LogP contribution in [-0.4, -0.2) is 33.9 Å². The predicted molar refractivity (Wildman–Crippen MR) is 83.9 cm³/mol. The third-order valence-electron chi connectivity index (χ3n) is 3.17. The number of rotatable bonds is 2. The van der Waals surface area contributed by atoms with E-state index in [0.29, 0.717) is 16.5 Å². The monoisotopic (exact) mass is 306 g/mol. The normalized spacial score (nSPS) is 18.2. The van der Waals surface area contributed by atoms with Gasteiger partial charge in [0, 0.05) is 11.3 Å². The number of carboxylic acid groups (broad SMARTS) is 1. The molecule has 112 valence electrons. The van der Waals surface area contributed by atoms with Crippen LogP contribution in [0.25, 0.3) is 0 Å². The largest absolute Gasteiger partial charge is 0.480 e. The molecule has 21 heavy (non-hydrogen) atoms. The fourth-order valence-electron chi connectivity index (χ4n) is 1.86. The summed E-state index contributed by atoms with van der Waals surface area (Å²) in [5, 5.41) is 11.9. The number of hydrogen-bond acceptors (Lipinski definition) is 4. The van der Waals surface area contributed by atoms with Crippen LogP contribution in [0.2, 0.25) is 0 Å². The van der Waals surface area contributed by atoms with Crippen LogP contribution in [0.1, 0.15) is 36.7 Å². The fraction of sp³-hybridized carbons (Fsp3) is 0.400. The topological polar surface area (TPSA) is 78.8 Å². The smallest absolute Gasteiger partial charge is 0.329 e. The van der Waals surface area contributed by atoms with Gasteiger partial charge in [-0.15, -0.1) is 0 Å². The van der Waals surface area contributed by atoms with Crippen molar-refractivity contribution < 1.29 is 14.7 Å². The maximum atomic E-state index is 12.1. The highest BCUT2D eigenvalue weighted by molar-refractivity contribution is 8.14. The number of nitrogens with one attached hydrogen (secondary N) is 1. The summed E-state index contributed by atoms with van der Waals surface area (Å²) in [6.07, 6.45) is 0. The first-order chi connectivity index (χ1) is 9.77. The van der Waals surface area contributed by atoms with Crippen LogP contribution >= 0.6 is 11.8 Å². The van der Waals surface area contributed by atoms with E-state index < -0.39 is 12.0 Å². The zero-order valence-electron chi connectivity index (χ0n) is 12.2. The fourth-order valence-corrected chi connectivity index (χ4v) is 2.76. The van der Waals surface area contributed by atoms with Gasteiger partial charge in [0.15, 0.2) is 11.2 Å². The van der Waals surface area contributed by atoms with Crippen LogP contribution < -0.4 is 5.32 Å². The van der Waals surface area contributed by atoms with Gasteiger partial charge in [-0.05, 0) is 23.1 Å². The molecule has 1 amide bonds. The Morgan fingerprint density at radius 1 is 1.29 bits per heavy atom. The van der Waals surface area contributed by atoms with E-state index in [1.165, 1.54) is 11.8 Å². The van der Waals surface area contributed by atoms with Crippen LogP contribution in [0.3, 0.4) is 0 Å². The summed E-state index contributed by atoms with van der Waals surface area (Å²) in [5.41, 5.74) is 1.72. The molecule has 1 aromatic rings. The Bertz CT molecular complexity index is 588. The average molecular weight is 306 g/mol. The molecular weight excluding hydrogens is 288 g/mol. The van der Waals surface area contributed by atoms with Gasteiger partial charge in [0.05, 0.1) is 0 Å². The first kappa shape index (κ1) is 15.6. The van der Waals surface area contributed by atoms with E-state index in [4.69, 9.17) is 5.11 Å². The van der Waals surface area contributed by atoms with Crippen molar-refractivity contribution in [3.05, 3.63) is 35.4 Å².